The van der Waals surface area contributed by atoms with Gasteiger partial charge in [0.15, 0.2) is 5.96 Å². The van der Waals surface area contributed by atoms with E-state index in [1.54, 1.807) is 0 Å². The average molecular weight is 403 g/mol. The maximum Gasteiger partial charge on any atom is 0.191 e. The molecule has 1 aliphatic rings. The van der Waals surface area contributed by atoms with Gasteiger partial charge in [-0.1, -0.05) is 30.3 Å². The van der Waals surface area contributed by atoms with Crippen molar-refractivity contribution in [2.45, 2.75) is 32.2 Å². The Hall–Kier alpha value is -0.820. The van der Waals surface area contributed by atoms with Gasteiger partial charge in [0.2, 0.25) is 0 Å². The summed E-state index contributed by atoms with van der Waals surface area (Å²) in [6.07, 6.45) is 1.18. The van der Waals surface area contributed by atoms with Crippen molar-refractivity contribution < 1.29 is 4.74 Å². The Kier molecular flexibility index (Phi) is 8.68. The van der Waals surface area contributed by atoms with Crippen molar-refractivity contribution >= 4 is 29.9 Å². The molecule has 2 rings (SSSR count). The molecule has 2 unspecified atom stereocenters. The summed E-state index contributed by atoms with van der Waals surface area (Å²) < 4.78 is 5.31. The Balaban J connectivity index is 0.00000220. The molecule has 1 aliphatic carbocycles. The van der Waals surface area contributed by atoms with Gasteiger partial charge >= 0.3 is 0 Å². The van der Waals surface area contributed by atoms with E-state index < -0.39 is 0 Å². The summed E-state index contributed by atoms with van der Waals surface area (Å²) in [5.41, 5.74) is 1.41. The first kappa shape index (κ1) is 18.2. The van der Waals surface area contributed by atoms with E-state index in [2.05, 4.69) is 52.9 Å². The quantitative estimate of drug-likeness (QED) is 0.319. The van der Waals surface area contributed by atoms with Crippen molar-refractivity contribution in [3.63, 3.8) is 0 Å². The number of halogens is 1. The van der Waals surface area contributed by atoms with Crippen LogP contribution in [0.25, 0.3) is 0 Å². The second kappa shape index (κ2) is 10.00. The first-order valence-electron chi connectivity index (χ1n) is 7.52. The Morgan fingerprint density at radius 3 is 2.71 bits per heavy atom. The van der Waals surface area contributed by atoms with E-state index in [4.69, 9.17) is 4.74 Å². The van der Waals surface area contributed by atoms with Gasteiger partial charge in [-0.25, -0.2) is 0 Å². The highest BCUT2D eigenvalue weighted by molar-refractivity contribution is 14.0. The molecule has 0 aliphatic heterocycles. The first-order chi connectivity index (χ1) is 9.85. The van der Waals surface area contributed by atoms with Gasteiger partial charge in [0.1, 0.15) is 0 Å². The smallest absolute Gasteiger partial charge is 0.191 e. The molecule has 21 heavy (non-hydrogen) atoms. The number of guanidine groups is 1. The normalized spacial score (nSPS) is 20.6. The number of nitrogens with one attached hydrogen (secondary N) is 2. The lowest BCUT2D eigenvalue weighted by Gasteiger charge is -2.11. The molecule has 2 atom stereocenters. The van der Waals surface area contributed by atoms with Gasteiger partial charge in [-0.2, -0.15) is 0 Å². The summed E-state index contributed by atoms with van der Waals surface area (Å²) in [6.45, 7) is 7.09. The van der Waals surface area contributed by atoms with E-state index in [-0.39, 0.29) is 24.0 Å². The van der Waals surface area contributed by atoms with Crippen molar-refractivity contribution in [2.24, 2.45) is 4.99 Å². The molecule has 0 amide bonds. The van der Waals surface area contributed by atoms with Crippen LogP contribution in [0.2, 0.25) is 0 Å². The van der Waals surface area contributed by atoms with Crippen molar-refractivity contribution in [1.82, 2.24) is 10.6 Å². The van der Waals surface area contributed by atoms with E-state index in [9.17, 15) is 0 Å². The lowest BCUT2D eigenvalue weighted by molar-refractivity contribution is 0.155. The minimum Gasteiger partial charge on any atom is -0.380 e. The van der Waals surface area contributed by atoms with Crippen LogP contribution in [0, 0.1) is 0 Å². The maximum absolute atomic E-state index is 5.31. The summed E-state index contributed by atoms with van der Waals surface area (Å²) in [6, 6.07) is 11.2. The Morgan fingerprint density at radius 2 is 2.05 bits per heavy atom. The Bertz CT molecular complexity index is 425. The third kappa shape index (κ3) is 6.22. The molecule has 5 heteroatoms. The van der Waals surface area contributed by atoms with Crippen molar-refractivity contribution in [3.8, 4) is 0 Å². The highest BCUT2D eigenvalue weighted by atomic mass is 127. The van der Waals surface area contributed by atoms with Gasteiger partial charge in [0, 0.05) is 25.1 Å². The zero-order chi connectivity index (χ0) is 14.2. The van der Waals surface area contributed by atoms with Crippen LogP contribution in [-0.4, -0.2) is 38.3 Å². The predicted molar refractivity (Wildman–Crippen MR) is 98.6 cm³/mol. The fourth-order valence-corrected chi connectivity index (χ4v) is 2.29. The fraction of sp³-hybridized carbons (Fsp3) is 0.562. The number of hydrogen-bond donors (Lipinski definition) is 2. The molecule has 0 aromatic heterocycles. The van der Waals surface area contributed by atoms with Crippen LogP contribution in [-0.2, 0) is 4.74 Å². The Labute approximate surface area is 144 Å². The van der Waals surface area contributed by atoms with Crippen LogP contribution in [0.5, 0.6) is 0 Å². The number of nitrogens with zero attached hydrogens (tertiary/aromatic N) is 1. The van der Waals surface area contributed by atoms with E-state index in [1.807, 2.05) is 6.92 Å². The van der Waals surface area contributed by atoms with Crippen molar-refractivity contribution in [1.29, 1.82) is 0 Å². The van der Waals surface area contributed by atoms with Crippen LogP contribution < -0.4 is 10.6 Å². The molecular formula is C16H26IN3O. The summed E-state index contributed by atoms with van der Waals surface area (Å²) in [7, 11) is 0. The standard InChI is InChI=1S/C16H25N3O.HI/c1-3-17-16(18-10-11-20-4-2)19-15-12-14(15)13-8-6-5-7-9-13;/h5-9,14-15H,3-4,10-12H2,1-2H3,(H2,17,18,19);1H. The topological polar surface area (TPSA) is 45.7 Å². The largest absolute Gasteiger partial charge is 0.380 e. The molecule has 118 valence electrons. The summed E-state index contributed by atoms with van der Waals surface area (Å²) in [5.74, 6) is 1.52. The van der Waals surface area contributed by atoms with Gasteiger partial charge in [-0.05, 0) is 25.8 Å². The second-order valence-electron chi connectivity index (χ2n) is 4.96. The zero-order valence-corrected chi connectivity index (χ0v) is 15.2. The van der Waals surface area contributed by atoms with Crippen molar-refractivity contribution in [2.75, 3.05) is 26.3 Å². The Morgan fingerprint density at radius 1 is 1.29 bits per heavy atom. The predicted octanol–water partition coefficient (Wildman–Crippen LogP) is 2.75. The maximum atomic E-state index is 5.31. The van der Waals surface area contributed by atoms with E-state index in [1.165, 1.54) is 12.0 Å². The van der Waals surface area contributed by atoms with Gasteiger partial charge < -0.3 is 15.4 Å². The van der Waals surface area contributed by atoms with Crippen LogP contribution in [0.3, 0.4) is 0 Å². The van der Waals surface area contributed by atoms with Gasteiger partial charge in [-0.3, -0.25) is 4.99 Å². The number of rotatable bonds is 7. The molecule has 4 nitrogen and oxygen atoms in total. The molecule has 1 fully saturated rings. The number of aliphatic imine (C=N–C) groups is 1. The second-order valence-corrected chi connectivity index (χ2v) is 4.96. The molecule has 0 radical (unpaired) electrons. The first-order valence-corrected chi connectivity index (χ1v) is 7.52. The van der Waals surface area contributed by atoms with Crippen LogP contribution in [0.15, 0.2) is 35.3 Å². The minimum atomic E-state index is 0. The van der Waals surface area contributed by atoms with Gasteiger partial charge in [-0.15, -0.1) is 24.0 Å². The fourth-order valence-electron chi connectivity index (χ4n) is 2.29. The molecule has 1 aromatic rings. The third-order valence-corrected chi connectivity index (χ3v) is 3.39. The van der Waals surface area contributed by atoms with Crippen LogP contribution >= 0.6 is 24.0 Å². The van der Waals surface area contributed by atoms with Gasteiger partial charge in [0.25, 0.3) is 0 Å². The minimum absolute atomic E-state index is 0. The highest BCUT2D eigenvalue weighted by Crippen LogP contribution is 2.40. The SMILES string of the molecule is CCNC(=NCCOCC)NC1CC1c1ccccc1.I. The van der Waals surface area contributed by atoms with E-state index in [0.29, 0.717) is 25.1 Å². The third-order valence-electron chi connectivity index (χ3n) is 3.39. The molecular weight excluding hydrogens is 377 g/mol. The van der Waals surface area contributed by atoms with E-state index in [0.717, 1.165) is 19.1 Å². The molecule has 1 aromatic carbocycles. The molecule has 0 bridgehead atoms. The molecule has 0 spiro atoms. The lowest BCUT2D eigenvalue weighted by atomic mass is 10.1. The molecule has 0 saturated heterocycles. The van der Waals surface area contributed by atoms with Crippen molar-refractivity contribution in [3.05, 3.63) is 35.9 Å². The summed E-state index contributed by atoms with van der Waals surface area (Å²) >= 11 is 0. The monoisotopic (exact) mass is 403 g/mol. The number of ether oxygens (including phenoxy) is 1. The number of hydrogen-bond acceptors (Lipinski definition) is 2. The molecule has 2 N–H and O–H groups in total. The average Bonchev–Trinajstić information content (AvgIpc) is 3.24. The lowest BCUT2D eigenvalue weighted by Crippen LogP contribution is -2.39. The zero-order valence-electron chi connectivity index (χ0n) is 12.8. The summed E-state index contributed by atoms with van der Waals surface area (Å²) in [4.78, 5) is 4.53. The number of benzene rings is 1. The highest BCUT2D eigenvalue weighted by Gasteiger charge is 2.38. The van der Waals surface area contributed by atoms with Crippen LogP contribution in [0.1, 0.15) is 31.7 Å². The molecule has 1 saturated carbocycles. The molecule has 0 heterocycles. The van der Waals surface area contributed by atoms with Crippen LogP contribution in [0.4, 0.5) is 0 Å². The van der Waals surface area contributed by atoms with E-state index >= 15 is 0 Å². The van der Waals surface area contributed by atoms with Gasteiger partial charge in [0.05, 0.1) is 13.2 Å². The summed E-state index contributed by atoms with van der Waals surface area (Å²) in [5, 5.41) is 6.79.